The number of ether oxygens (including phenoxy) is 1. The number of halogens is 3. The van der Waals surface area contributed by atoms with Crippen molar-refractivity contribution in [2.45, 2.75) is 51.6 Å². The number of hydrogen-bond donors (Lipinski definition) is 1. The molecule has 2 atom stereocenters. The second-order valence-corrected chi connectivity index (χ2v) is 5.90. The number of amides is 1. The zero-order chi connectivity index (χ0) is 14.5. The minimum atomic E-state index is -0.882. The molecule has 1 N–H and O–H groups in total. The van der Waals surface area contributed by atoms with Crippen molar-refractivity contribution >= 4 is 18.5 Å². The summed E-state index contributed by atoms with van der Waals surface area (Å²) in [6.45, 7) is 7.47. The quantitative estimate of drug-likeness (QED) is 0.747. The van der Waals surface area contributed by atoms with Crippen molar-refractivity contribution in [2.24, 2.45) is 0 Å². The molecule has 2 rings (SSSR count). The number of carbonyl (C=O) groups excluding carboxylic acids is 1. The molecule has 0 aromatic heterocycles. The number of carbonyl (C=O) groups is 1. The normalized spacial score (nSPS) is 25.6. The molecule has 0 unspecified atom stereocenters. The van der Waals surface area contributed by atoms with Crippen molar-refractivity contribution in [3.05, 3.63) is 0 Å². The molecule has 4 nitrogen and oxygen atoms in total. The van der Waals surface area contributed by atoms with E-state index in [1.807, 2.05) is 0 Å². The van der Waals surface area contributed by atoms with Gasteiger partial charge in [0.15, 0.2) is 0 Å². The van der Waals surface area contributed by atoms with Crippen LogP contribution in [-0.4, -0.2) is 55.1 Å². The van der Waals surface area contributed by atoms with Crippen molar-refractivity contribution in [1.29, 1.82) is 0 Å². The van der Waals surface area contributed by atoms with E-state index in [2.05, 4.69) is 5.32 Å². The van der Waals surface area contributed by atoms with Crippen molar-refractivity contribution in [2.75, 3.05) is 26.2 Å². The molecule has 2 heterocycles. The molecule has 1 amide bonds. The van der Waals surface area contributed by atoms with Crippen molar-refractivity contribution in [3.8, 4) is 0 Å². The minimum absolute atomic E-state index is 0. The molecule has 7 heteroatoms. The molecule has 20 heavy (non-hydrogen) atoms. The van der Waals surface area contributed by atoms with Gasteiger partial charge in [-0.05, 0) is 40.2 Å². The van der Waals surface area contributed by atoms with Gasteiger partial charge in [-0.3, -0.25) is 0 Å². The standard InChI is InChI=1S/C9H16FNO2.C4H8FN.ClH/c1-9(2,3)13-8(12)11-5-4-7(10)6-11;5-4-1-2-6-3-4;/h7H,4-6H2,1-3H3;4,6H,1-3H2;1H/t7-;4-;/m00./s1. The van der Waals surface area contributed by atoms with Crippen LogP contribution in [0.25, 0.3) is 0 Å². The SMILES string of the molecule is CC(C)(C)OC(=O)N1CC[C@H](F)C1.Cl.F[C@H]1CCNC1. The summed E-state index contributed by atoms with van der Waals surface area (Å²) in [5.74, 6) is 0. The zero-order valence-electron chi connectivity index (χ0n) is 12.3. The van der Waals surface area contributed by atoms with Crippen LogP contribution in [0, 0.1) is 0 Å². The Morgan fingerprint density at radius 2 is 1.90 bits per heavy atom. The first-order chi connectivity index (χ1) is 8.78. The van der Waals surface area contributed by atoms with Gasteiger partial charge in [0.05, 0.1) is 6.54 Å². The molecular formula is C13H25ClF2N2O2. The Hall–Kier alpha value is -0.620. The largest absolute Gasteiger partial charge is 0.444 e. The highest BCUT2D eigenvalue weighted by Gasteiger charge is 2.29. The maximum absolute atomic E-state index is 12.7. The fourth-order valence-corrected chi connectivity index (χ4v) is 1.83. The van der Waals surface area contributed by atoms with Gasteiger partial charge in [0.2, 0.25) is 0 Å². The van der Waals surface area contributed by atoms with Gasteiger partial charge >= 0.3 is 6.09 Å². The minimum Gasteiger partial charge on any atom is -0.444 e. The van der Waals surface area contributed by atoms with Crippen LogP contribution < -0.4 is 5.32 Å². The first-order valence-corrected chi connectivity index (χ1v) is 6.74. The molecule has 0 radical (unpaired) electrons. The van der Waals surface area contributed by atoms with Crippen LogP contribution in [0.4, 0.5) is 13.6 Å². The summed E-state index contributed by atoms with van der Waals surface area (Å²) in [5, 5.41) is 2.90. The van der Waals surface area contributed by atoms with Crippen LogP contribution >= 0.6 is 12.4 Å². The van der Waals surface area contributed by atoms with Crippen LogP contribution in [0.15, 0.2) is 0 Å². The van der Waals surface area contributed by atoms with Gasteiger partial charge in [-0.15, -0.1) is 12.4 Å². The monoisotopic (exact) mass is 314 g/mol. The van der Waals surface area contributed by atoms with E-state index in [-0.39, 0.29) is 19.0 Å². The van der Waals surface area contributed by atoms with Gasteiger partial charge in [-0.1, -0.05) is 0 Å². The first kappa shape index (κ1) is 19.4. The Bertz CT molecular complexity index is 295. The van der Waals surface area contributed by atoms with E-state index < -0.39 is 24.0 Å². The lowest BCUT2D eigenvalue weighted by Gasteiger charge is -2.23. The average molecular weight is 315 g/mol. The first-order valence-electron chi connectivity index (χ1n) is 6.74. The molecule has 0 spiro atoms. The van der Waals surface area contributed by atoms with Gasteiger partial charge in [0.25, 0.3) is 0 Å². The summed E-state index contributed by atoms with van der Waals surface area (Å²) in [6.07, 6.45) is -0.718. The van der Waals surface area contributed by atoms with Gasteiger partial charge < -0.3 is 15.0 Å². The number of nitrogens with one attached hydrogen (secondary N) is 1. The van der Waals surface area contributed by atoms with Gasteiger partial charge in [-0.25, -0.2) is 13.6 Å². The molecule has 2 aliphatic rings. The van der Waals surface area contributed by atoms with E-state index in [9.17, 15) is 13.6 Å². The summed E-state index contributed by atoms with van der Waals surface area (Å²) in [5.41, 5.74) is -0.495. The topological polar surface area (TPSA) is 41.6 Å². The number of rotatable bonds is 0. The third-order valence-electron chi connectivity index (χ3n) is 2.78. The lowest BCUT2D eigenvalue weighted by atomic mass is 10.2. The van der Waals surface area contributed by atoms with Crippen LogP contribution in [-0.2, 0) is 4.74 Å². The molecule has 120 valence electrons. The maximum Gasteiger partial charge on any atom is 0.410 e. The molecular weight excluding hydrogens is 290 g/mol. The van der Waals surface area contributed by atoms with Crippen LogP contribution in [0.3, 0.4) is 0 Å². The van der Waals surface area contributed by atoms with E-state index in [0.29, 0.717) is 25.9 Å². The van der Waals surface area contributed by atoms with Crippen LogP contribution in [0.1, 0.15) is 33.6 Å². The molecule has 2 aliphatic heterocycles. The predicted molar refractivity (Wildman–Crippen MR) is 77.0 cm³/mol. The summed E-state index contributed by atoms with van der Waals surface area (Å²) in [7, 11) is 0. The molecule has 2 saturated heterocycles. The fourth-order valence-electron chi connectivity index (χ4n) is 1.83. The van der Waals surface area contributed by atoms with Gasteiger partial charge in [0, 0.05) is 13.1 Å². The molecule has 0 aromatic rings. The second-order valence-electron chi connectivity index (χ2n) is 5.90. The van der Waals surface area contributed by atoms with Crippen molar-refractivity contribution in [3.63, 3.8) is 0 Å². The fraction of sp³-hybridized carbons (Fsp3) is 0.923. The lowest BCUT2D eigenvalue weighted by molar-refractivity contribution is 0.0284. The van der Waals surface area contributed by atoms with E-state index in [0.717, 1.165) is 6.54 Å². The number of alkyl halides is 2. The molecule has 0 saturated carbocycles. The highest BCUT2D eigenvalue weighted by molar-refractivity contribution is 5.85. The Kier molecular flexibility index (Phi) is 8.35. The molecule has 0 aliphatic carbocycles. The summed E-state index contributed by atoms with van der Waals surface area (Å²) in [4.78, 5) is 12.8. The number of likely N-dealkylation sites (tertiary alicyclic amines) is 1. The highest BCUT2D eigenvalue weighted by Crippen LogP contribution is 2.16. The maximum atomic E-state index is 12.7. The van der Waals surface area contributed by atoms with Crippen LogP contribution in [0.2, 0.25) is 0 Å². The third-order valence-corrected chi connectivity index (χ3v) is 2.78. The van der Waals surface area contributed by atoms with E-state index >= 15 is 0 Å². The summed E-state index contributed by atoms with van der Waals surface area (Å²) < 4.78 is 29.7. The summed E-state index contributed by atoms with van der Waals surface area (Å²) >= 11 is 0. The predicted octanol–water partition coefficient (Wildman–Crippen LogP) is 2.70. The average Bonchev–Trinajstić information content (AvgIpc) is 2.88. The van der Waals surface area contributed by atoms with Crippen molar-refractivity contribution < 1.29 is 18.3 Å². The van der Waals surface area contributed by atoms with Gasteiger partial charge in [-0.2, -0.15) is 0 Å². The van der Waals surface area contributed by atoms with Crippen LogP contribution in [0.5, 0.6) is 0 Å². The Labute approximate surface area is 125 Å². The Morgan fingerprint density at radius 3 is 2.20 bits per heavy atom. The number of nitrogens with zero attached hydrogens (tertiary/aromatic N) is 1. The number of hydrogen-bond acceptors (Lipinski definition) is 3. The molecule has 0 bridgehead atoms. The van der Waals surface area contributed by atoms with E-state index in [1.54, 1.807) is 20.8 Å². The Morgan fingerprint density at radius 1 is 1.25 bits per heavy atom. The highest BCUT2D eigenvalue weighted by atomic mass is 35.5. The van der Waals surface area contributed by atoms with E-state index in [4.69, 9.17) is 4.74 Å². The van der Waals surface area contributed by atoms with Gasteiger partial charge in [0.1, 0.15) is 17.9 Å². The van der Waals surface area contributed by atoms with E-state index in [1.165, 1.54) is 4.90 Å². The van der Waals surface area contributed by atoms with Crippen molar-refractivity contribution in [1.82, 2.24) is 10.2 Å². The molecule has 0 aromatic carbocycles. The lowest BCUT2D eigenvalue weighted by Crippen LogP contribution is -2.35. The second kappa shape index (κ2) is 8.62. The zero-order valence-corrected chi connectivity index (χ0v) is 13.1. The smallest absolute Gasteiger partial charge is 0.410 e. The third kappa shape index (κ3) is 7.85. The summed E-state index contributed by atoms with van der Waals surface area (Å²) in [6, 6.07) is 0. The molecule has 2 fully saturated rings. The Balaban J connectivity index is 0.000000434.